The number of rotatable bonds is 6. The van der Waals surface area contributed by atoms with Crippen LogP contribution in [0.1, 0.15) is 55.3 Å². The Bertz CT molecular complexity index is 990. The summed E-state index contributed by atoms with van der Waals surface area (Å²) in [6, 6.07) is 8.09. The van der Waals surface area contributed by atoms with Gasteiger partial charge < -0.3 is 20.1 Å². The van der Waals surface area contributed by atoms with Gasteiger partial charge >= 0.3 is 0 Å². The minimum absolute atomic E-state index is 0.171. The molecule has 2 N–H and O–H groups in total. The van der Waals surface area contributed by atoms with Crippen LogP contribution in [0.3, 0.4) is 0 Å². The van der Waals surface area contributed by atoms with E-state index in [1.807, 2.05) is 0 Å². The Morgan fingerprint density at radius 1 is 0.968 bits per heavy atom. The Morgan fingerprint density at radius 2 is 1.74 bits per heavy atom. The zero-order chi connectivity index (χ0) is 21.8. The average Bonchev–Trinajstić information content (AvgIpc) is 3.08. The van der Waals surface area contributed by atoms with Crippen molar-refractivity contribution in [3.8, 4) is 11.5 Å². The van der Waals surface area contributed by atoms with Crippen molar-refractivity contribution in [3.05, 3.63) is 53.6 Å². The normalized spacial score (nSPS) is 16.2. The number of hydrogen-bond donors (Lipinski definition) is 2. The highest BCUT2D eigenvalue weighted by atomic mass is 19.1. The van der Waals surface area contributed by atoms with E-state index < -0.39 is 23.3 Å². The van der Waals surface area contributed by atoms with Gasteiger partial charge in [0, 0.05) is 43.6 Å². The van der Waals surface area contributed by atoms with Gasteiger partial charge in [-0.25, -0.2) is 8.78 Å². The van der Waals surface area contributed by atoms with Gasteiger partial charge in [-0.3, -0.25) is 9.59 Å². The van der Waals surface area contributed by atoms with Crippen LogP contribution in [0.2, 0.25) is 0 Å². The smallest absolute Gasteiger partial charge is 0.254 e. The number of ether oxygens (including phenoxy) is 2. The minimum Gasteiger partial charge on any atom is -0.448 e. The van der Waals surface area contributed by atoms with Crippen molar-refractivity contribution in [3.63, 3.8) is 0 Å². The van der Waals surface area contributed by atoms with Crippen LogP contribution < -0.4 is 20.1 Å². The molecular formula is C23H24F2N2O4. The number of carbonyl (C=O) groups excluding carboxylic acids is 2. The molecule has 2 amide bonds. The summed E-state index contributed by atoms with van der Waals surface area (Å²) in [7, 11) is 0. The van der Waals surface area contributed by atoms with Crippen molar-refractivity contribution >= 4 is 17.5 Å². The zero-order valence-corrected chi connectivity index (χ0v) is 17.0. The molecule has 31 heavy (non-hydrogen) atoms. The maximum atomic E-state index is 13.6. The van der Waals surface area contributed by atoms with E-state index >= 15 is 0 Å². The number of benzene rings is 2. The van der Waals surface area contributed by atoms with Gasteiger partial charge in [-0.2, -0.15) is 0 Å². The molecule has 1 aliphatic heterocycles. The summed E-state index contributed by atoms with van der Waals surface area (Å²) < 4.78 is 38.6. The van der Waals surface area contributed by atoms with Crippen LogP contribution >= 0.6 is 0 Å². The number of amides is 2. The zero-order valence-electron chi connectivity index (χ0n) is 17.0. The number of anilines is 1. The van der Waals surface area contributed by atoms with E-state index in [-0.39, 0.29) is 24.4 Å². The number of hydrogen-bond acceptors (Lipinski definition) is 4. The van der Waals surface area contributed by atoms with Crippen LogP contribution in [0.15, 0.2) is 36.4 Å². The van der Waals surface area contributed by atoms with Crippen LogP contribution in [0.25, 0.3) is 0 Å². The molecule has 1 saturated carbocycles. The molecule has 1 heterocycles. The maximum Gasteiger partial charge on any atom is 0.254 e. The third-order valence-electron chi connectivity index (χ3n) is 5.48. The summed E-state index contributed by atoms with van der Waals surface area (Å²) in [5.41, 5.74) is 0.375. The molecule has 164 valence electrons. The lowest BCUT2D eigenvalue weighted by Crippen LogP contribution is -2.40. The quantitative estimate of drug-likeness (QED) is 0.660. The summed E-state index contributed by atoms with van der Waals surface area (Å²) >= 11 is 0. The highest BCUT2D eigenvalue weighted by Crippen LogP contribution is 2.46. The summed E-state index contributed by atoms with van der Waals surface area (Å²) in [5, 5.41) is 5.34. The average molecular weight is 430 g/mol. The van der Waals surface area contributed by atoms with Crippen molar-refractivity contribution in [2.45, 2.75) is 50.7 Å². The second-order valence-corrected chi connectivity index (χ2v) is 7.87. The van der Waals surface area contributed by atoms with Crippen molar-refractivity contribution in [1.29, 1.82) is 0 Å². The molecule has 0 atom stereocenters. The molecule has 4 rings (SSSR count). The molecule has 0 unspecified atom stereocenters. The number of carbonyl (C=O) groups is 2. The summed E-state index contributed by atoms with van der Waals surface area (Å²) in [5.74, 6) is -1.77. The SMILES string of the molecule is O=C(CCCNC(=O)c1ccc(F)cc1F)Nc1ccc2c(c1)OC1(CCCCC1)O2. The third kappa shape index (κ3) is 4.95. The first-order chi connectivity index (χ1) is 14.9. The molecule has 0 bridgehead atoms. The molecule has 1 spiro atoms. The van der Waals surface area contributed by atoms with Crippen LogP contribution in [0, 0.1) is 11.6 Å². The van der Waals surface area contributed by atoms with Gasteiger partial charge in [0.2, 0.25) is 5.91 Å². The Labute approximate surface area is 178 Å². The molecule has 2 aliphatic rings. The van der Waals surface area contributed by atoms with E-state index in [2.05, 4.69) is 10.6 Å². The number of nitrogens with one attached hydrogen (secondary N) is 2. The van der Waals surface area contributed by atoms with Crippen molar-refractivity contribution in [2.24, 2.45) is 0 Å². The molecule has 0 saturated heterocycles. The third-order valence-corrected chi connectivity index (χ3v) is 5.48. The van der Waals surface area contributed by atoms with E-state index in [9.17, 15) is 18.4 Å². The standard InChI is InChI=1S/C23H24F2N2O4/c24-15-6-8-17(18(25)13-15)22(29)26-12-4-5-21(28)27-16-7-9-19-20(14-16)31-23(30-19)10-2-1-3-11-23/h6-9,13-14H,1-5,10-12H2,(H,26,29)(H,27,28). The molecule has 0 aromatic heterocycles. The first-order valence-corrected chi connectivity index (χ1v) is 10.5. The van der Waals surface area contributed by atoms with Gasteiger partial charge in [-0.15, -0.1) is 0 Å². The fourth-order valence-electron chi connectivity index (χ4n) is 3.91. The Balaban J connectivity index is 1.23. The van der Waals surface area contributed by atoms with E-state index in [4.69, 9.17) is 9.47 Å². The molecule has 8 heteroatoms. The van der Waals surface area contributed by atoms with Crippen LogP contribution in [0.5, 0.6) is 11.5 Å². The van der Waals surface area contributed by atoms with Crippen LogP contribution in [-0.2, 0) is 4.79 Å². The van der Waals surface area contributed by atoms with Gasteiger partial charge in [-0.05, 0) is 43.5 Å². The Kier molecular flexibility index (Phi) is 6.06. The highest BCUT2D eigenvalue weighted by Gasteiger charge is 2.42. The van der Waals surface area contributed by atoms with Gasteiger partial charge in [0.15, 0.2) is 11.5 Å². The van der Waals surface area contributed by atoms with Gasteiger partial charge in [0.25, 0.3) is 11.7 Å². The lowest BCUT2D eigenvalue weighted by molar-refractivity contribution is -0.116. The lowest BCUT2D eigenvalue weighted by Gasteiger charge is -2.31. The lowest BCUT2D eigenvalue weighted by atomic mass is 9.94. The first kappa shape index (κ1) is 21.1. The van der Waals surface area contributed by atoms with Gasteiger partial charge in [0.05, 0.1) is 5.56 Å². The predicted octanol–water partition coefficient (Wildman–Crippen LogP) is 4.55. The monoisotopic (exact) mass is 430 g/mol. The Morgan fingerprint density at radius 3 is 2.52 bits per heavy atom. The largest absolute Gasteiger partial charge is 0.448 e. The topological polar surface area (TPSA) is 76.7 Å². The number of fused-ring (bicyclic) bond motifs is 1. The number of halogens is 2. The van der Waals surface area contributed by atoms with E-state index in [1.54, 1.807) is 18.2 Å². The summed E-state index contributed by atoms with van der Waals surface area (Å²) in [4.78, 5) is 24.2. The summed E-state index contributed by atoms with van der Waals surface area (Å²) in [6.07, 6.45) is 5.59. The fraction of sp³-hybridized carbons (Fsp3) is 0.391. The first-order valence-electron chi connectivity index (χ1n) is 10.5. The van der Waals surface area contributed by atoms with Crippen LogP contribution in [-0.4, -0.2) is 24.1 Å². The van der Waals surface area contributed by atoms with E-state index in [0.29, 0.717) is 29.7 Å². The maximum absolute atomic E-state index is 13.6. The molecule has 1 aliphatic carbocycles. The van der Waals surface area contributed by atoms with E-state index in [0.717, 1.165) is 37.8 Å². The second-order valence-electron chi connectivity index (χ2n) is 7.87. The Hall–Kier alpha value is -3.16. The van der Waals surface area contributed by atoms with Crippen molar-refractivity contribution in [2.75, 3.05) is 11.9 Å². The van der Waals surface area contributed by atoms with Crippen molar-refractivity contribution < 1.29 is 27.8 Å². The van der Waals surface area contributed by atoms with E-state index in [1.165, 1.54) is 6.42 Å². The second kappa shape index (κ2) is 8.91. The molecular weight excluding hydrogens is 406 g/mol. The molecule has 2 aromatic rings. The molecule has 0 radical (unpaired) electrons. The summed E-state index contributed by atoms with van der Waals surface area (Å²) in [6.45, 7) is 0.187. The molecule has 6 nitrogen and oxygen atoms in total. The van der Waals surface area contributed by atoms with Crippen molar-refractivity contribution in [1.82, 2.24) is 5.32 Å². The highest BCUT2D eigenvalue weighted by molar-refractivity contribution is 5.94. The van der Waals surface area contributed by atoms with Gasteiger partial charge in [-0.1, -0.05) is 6.42 Å². The fourth-order valence-corrected chi connectivity index (χ4v) is 3.91. The van der Waals surface area contributed by atoms with Crippen LogP contribution in [0.4, 0.5) is 14.5 Å². The molecule has 2 aromatic carbocycles. The van der Waals surface area contributed by atoms with Gasteiger partial charge in [0.1, 0.15) is 11.6 Å². The predicted molar refractivity (Wildman–Crippen MR) is 110 cm³/mol. The minimum atomic E-state index is -0.923. The molecule has 1 fully saturated rings.